The topological polar surface area (TPSA) is 58.9 Å². The van der Waals surface area contributed by atoms with Crippen LogP contribution in [0.15, 0.2) is 36.0 Å². The van der Waals surface area contributed by atoms with Crippen molar-refractivity contribution in [1.82, 2.24) is 15.0 Å². The number of rotatable bonds is 1. The molecule has 0 atom stereocenters. The number of aromatic nitrogens is 3. The maximum Gasteiger partial charge on any atom is 0.232 e. The molecule has 0 aliphatic heterocycles. The zero-order valence-corrected chi connectivity index (χ0v) is 8.98. The van der Waals surface area contributed by atoms with Crippen molar-refractivity contribution in [3.63, 3.8) is 0 Å². The molecule has 0 fully saturated rings. The van der Waals surface area contributed by atoms with Gasteiger partial charge in [0.15, 0.2) is 5.82 Å². The first kappa shape index (κ1) is 9.23. The van der Waals surface area contributed by atoms with Gasteiger partial charge in [-0.05, 0) is 23.6 Å². The molecule has 3 aromatic heterocycles. The van der Waals surface area contributed by atoms with Gasteiger partial charge in [0.25, 0.3) is 0 Å². The average molecular weight is 229 g/mol. The van der Waals surface area contributed by atoms with Crippen molar-refractivity contribution in [2.24, 2.45) is 0 Å². The number of aromatic hydroxyl groups is 1. The molecule has 0 bridgehead atoms. The van der Waals surface area contributed by atoms with Crippen LogP contribution in [0.3, 0.4) is 0 Å². The van der Waals surface area contributed by atoms with Crippen LogP contribution in [0, 0.1) is 0 Å². The molecule has 4 nitrogen and oxygen atoms in total. The van der Waals surface area contributed by atoms with Gasteiger partial charge >= 0.3 is 0 Å². The number of thiophene rings is 1. The van der Waals surface area contributed by atoms with E-state index in [1.807, 2.05) is 23.6 Å². The van der Waals surface area contributed by atoms with Crippen molar-refractivity contribution in [3.8, 4) is 17.3 Å². The molecule has 1 N–H and O–H groups in total. The molecular formula is C11H7N3OS. The third-order valence-electron chi connectivity index (χ3n) is 2.21. The minimum atomic E-state index is 0.0267. The lowest BCUT2D eigenvalue weighted by Gasteiger charge is -2.00. The van der Waals surface area contributed by atoms with E-state index in [4.69, 9.17) is 0 Å². The SMILES string of the molecule is Oc1nc(-c2cccnc2)nc2ccsc12. The van der Waals surface area contributed by atoms with Gasteiger partial charge in [-0.15, -0.1) is 11.3 Å². The second-order valence-corrected chi connectivity index (χ2v) is 4.16. The molecule has 16 heavy (non-hydrogen) atoms. The highest BCUT2D eigenvalue weighted by Crippen LogP contribution is 2.29. The summed E-state index contributed by atoms with van der Waals surface area (Å²) < 4.78 is 0.715. The Kier molecular flexibility index (Phi) is 2.04. The van der Waals surface area contributed by atoms with Gasteiger partial charge in [-0.25, -0.2) is 4.98 Å². The Morgan fingerprint density at radius 2 is 2.12 bits per heavy atom. The molecule has 0 spiro atoms. The number of pyridine rings is 1. The molecule has 3 rings (SSSR count). The van der Waals surface area contributed by atoms with E-state index in [2.05, 4.69) is 15.0 Å². The van der Waals surface area contributed by atoms with Gasteiger partial charge in [-0.1, -0.05) is 0 Å². The first-order chi connectivity index (χ1) is 7.84. The second kappa shape index (κ2) is 3.53. The minimum Gasteiger partial charge on any atom is -0.492 e. The van der Waals surface area contributed by atoms with Gasteiger partial charge in [0.1, 0.15) is 4.70 Å². The first-order valence-electron chi connectivity index (χ1n) is 4.69. The zero-order valence-electron chi connectivity index (χ0n) is 8.16. The van der Waals surface area contributed by atoms with Crippen molar-refractivity contribution >= 4 is 21.6 Å². The fourth-order valence-electron chi connectivity index (χ4n) is 1.47. The fraction of sp³-hybridized carbons (Fsp3) is 0. The van der Waals surface area contributed by atoms with E-state index >= 15 is 0 Å². The first-order valence-corrected chi connectivity index (χ1v) is 5.57. The molecule has 0 saturated carbocycles. The number of nitrogens with zero attached hydrogens (tertiary/aromatic N) is 3. The standard InChI is InChI=1S/C11H7N3OS/c15-11-9-8(3-5-16-9)13-10(14-11)7-2-1-4-12-6-7/h1-6H,(H,13,14,15). The van der Waals surface area contributed by atoms with Crippen molar-refractivity contribution in [2.45, 2.75) is 0 Å². The van der Waals surface area contributed by atoms with Gasteiger partial charge in [0, 0.05) is 18.0 Å². The van der Waals surface area contributed by atoms with Crippen LogP contribution in [0.4, 0.5) is 0 Å². The van der Waals surface area contributed by atoms with E-state index in [1.54, 1.807) is 12.4 Å². The molecule has 78 valence electrons. The Balaban J connectivity index is 2.25. The number of hydrogen-bond acceptors (Lipinski definition) is 5. The maximum absolute atomic E-state index is 9.74. The highest BCUT2D eigenvalue weighted by Gasteiger charge is 2.08. The van der Waals surface area contributed by atoms with Crippen LogP contribution >= 0.6 is 11.3 Å². The van der Waals surface area contributed by atoms with E-state index in [1.165, 1.54) is 11.3 Å². The summed E-state index contributed by atoms with van der Waals surface area (Å²) in [5.41, 5.74) is 1.56. The summed E-state index contributed by atoms with van der Waals surface area (Å²) in [6.07, 6.45) is 3.36. The molecule has 0 saturated heterocycles. The molecule has 0 radical (unpaired) electrons. The molecule has 0 aromatic carbocycles. The fourth-order valence-corrected chi connectivity index (χ4v) is 2.19. The van der Waals surface area contributed by atoms with Crippen LogP contribution in [0.1, 0.15) is 0 Å². The molecule has 3 aromatic rings. The smallest absolute Gasteiger partial charge is 0.232 e. The van der Waals surface area contributed by atoms with Crippen molar-refractivity contribution in [2.75, 3.05) is 0 Å². The summed E-state index contributed by atoms with van der Waals surface area (Å²) in [4.78, 5) is 12.4. The average Bonchev–Trinajstić information content (AvgIpc) is 2.79. The molecule has 5 heteroatoms. The Morgan fingerprint density at radius 1 is 1.19 bits per heavy atom. The number of hydrogen-bond donors (Lipinski definition) is 1. The highest BCUT2D eigenvalue weighted by molar-refractivity contribution is 7.17. The van der Waals surface area contributed by atoms with Gasteiger partial charge in [-0.2, -0.15) is 4.98 Å². The van der Waals surface area contributed by atoms with Crippen LogP contribution in [0.25, 0.3) is 21.6 Å². The maximum atomic E-state index is 9.74. The summed E-state index contributed by atoms with van der Waals surface area (Å²) in [6.45, 7) is 0. The summed E-state index contributed by atoms with van der Waals surface area (Å²) in [5.74, 6) is 0.523. The Bertz CT molecular complexity index is 636. The van der Waals surface area contributed by atoms with Crippen LogP contribution < -0.4 is 0 Å². The number of fused-ring (bicyclic) bond motifs is 1. The van der Waals surface area contributed by atoms with Gasteiger partial charge in [0.2, 0.25) is 5.88 Å². The molecule has 0 unspecified atom stereocenters. The van der Waals surface area contributed by atoms with Gasteiger partial charge in [0.05, 0.1) is 5.52 Å². The third-order valence-corrected chi connectivity index (χ3v) is 3.11. The predicted octanol–water partition coefficient (Wildman–Crippen LogP) is 2.46. The lowest BCUT2D eigenvalue weighted by Crippen LogP contribution is -1.89. The molecule has 0 aliphatic rings. The zero-order chi connectivity index (χ0) is 11.0. The van der Waals surface area contributed by atoms with Crippen molar-refractivity contribution in [3.05, 3.63) is 36.0 Å². The van der Waals surface area contributed by atoms with Crippen molar-refractivity contribution in [1.29, 1.82) is 0 Å². The molecular weight excluding hydrogens is 222 g/mol. The van der Waals surface area contributed by atoms with E-state index < -0.39 is 0 Å². The van der Waals surface area contributed by atoms with E-state index in [9.17, 15) is 5.11 Å². The Hall–Kier alpha value is -2.01. The molecule has 0 amide bonds. The summed E-state index contributed by atoms with van der Waals surface area (Å²) in [7, 11) is 0. The van der Waals surface area contributed by atoms with E-state index in [0.717, 1.165) is 11.1 Å². The van der Waals surface area contributed by atoms with Gasteiger partial charge < -0.3 is 5.11 Å². The van der Waals surface area contributed by atoms with Crippen LogP contribution in [0.5, 0.6) is 5.88 Å². The monoisotopic (exact) mass is 229 g/mol. The lowest BCUT2D eigenvalue weighted by atomic mass is 10.2. The van der Waals surface area contributed by atoms with Crippen LogP contribution in [-0.2, 0) is 0 Å². The largest absolute Gasteiger partial charge is 0.492 e. The summed E-state index contributed by atoms with van der Waals surface area (Å²) in [6, 6.07) is 5.54. The molecule has 0 aliphatic carbocycles. The normalized spacial score (nSPS) is 10.8. The van der Waals surface area contributed by atoms with Crippen LogP contribution in [-0.4, -0.2) is 20.1 Å². The third kappa shape index (κ3) is 1.42. The van der Waals surface area contributed by atoms with E-state index in [-0.39, 0.29) is 5.88 Å². The van der Waals surface area contributed by atoms with Crippen molar-refractivity contribution < 1.29 is 5.11 Å². The second-order valence-electron chi connectivity index (χ2n) is 3.25. The van der Waals surface area contributed by atoms with E-state index in [0.29, 0.717) is 10.5 Å². The highest BCUT2D eigenvalue weighted by atomic mass is 32.1. The Morgan fingerprint density at radius 3 is 2.94 bits per heavy atom. The molecule has 3 heterocycles. The summed E-state index contributed by atoms with van der Waals surface area (Å²) in [5, 5.41) is 11.6. The predicted molar refractivity (Wildman–Crippen MR) is 62.3 cm³/mol. The summed E-state index contributed by atoms with van der Waals surface area (Å²) >= 11 is 1.43. The lowest BCUT2D eigenvalue weighted by molar-refractivity contribution is 0.461. The van der Waals surface area contributed by atoms with Gasteiger partial charge in [-0.3, -0.25) is 4.98 Å². The van der Waals surface area contributed by atoms with Crippen LogP contribution in [0.2, 0.25) is 0 Å². The minimum absolute atomic E-state index is 0.0267. The quantitative estimate of drug-likeness (QED) is 0.696. The Labute approximate surface area is 95.3 Å².